The Kier molecular flexibility index (Phi) is 4.53. The Morgan fingerprint density at radius 3 is 2.83 bits per heavy atom. The van der Waals surface area contributed by atoms with Crippen molar-refractivity contribution in [2.45, 2.75) is 13.1 Å². The van der Waals surface area contributed by atoms with Gasteiger partial charge >= 0.3 is 0 Å². The van der Waals surface area contributed by atoms with E-state index in [2.05, 4.69) is 20.4 Å². The first-order valence-electron chi connectivity index (χ1n) is 6.86. The highest BCUT2D eigenvalue weighted by atomic mass is 32.1. The highest BCUT2D eigenvalue weighted by molar-refractivity contribution is 7.13. The number of amides is 1. The lowest BCUT2D eigenvalue weighted by Gasteiger charge is -2.08. The summed E-state index contributed by atoms with van der Waals surface area (Å²) in [6, 6.07) is 6.78. The van der Waals surface area contributed by atoms with Crippen LogP contribution in [0, 0.1) is 0 Å². The maximum Gasteiger partial charge on any atom is 0.267 e. The standard InChI is InChI=1S/C15H13N5O2S/c21-13(10-20-14(22)4-1-5-19-20)18-9-11-15(17-7-6-16-11)12-3-2-8-23-12/h1-8H,9-10H2,(H,18,21). The summed E-state index contributed by atoms with van der Waals surface area (Å²) in [5.41, 5.74) is 1.11. The van der Waals surface area contributed by atoms with Crippen molar-refractivity contribution in [2.24, 2.45) is 0 Å². The van der Waals surface area contributed by atoms with E-state index in [4.69, 9.17) is 0 Å². The Hall–Kier alpha value is -2.87. The van der Waals surface area contributed by atoms with Gasteiger partial charge in [-0.1, -0.05) is 6.07 Å². The van der Waals surface area contributed by atoms with Gasteiger partial charge in [0.1, 0.15) is 12.2 Å². The first-order valence-corrected chi connectivity index (χ1v) is 7.74. The van der Waals surface area contributed by atoms with Crippen molar-refractivity contribution >= 4 is 17.2 Å². The van der Waals surface area contributed by atoms with Gasteiger partial charge in [-0.15, -0.1) is 11.3 Å². The van der Waals surface area contributed by atoms with Gasteiger partial charge in [-0.25, -0.2) is 4.68 Å². The summed E-state index contributed by atoms with van der Waals surface area (Å²) in [7, 11) is 0. The monoisotopic (exact) mass is 327 g/mol. The summed E-state index contributed by atoms with van der Waals surface area (Å²) in [5.74, 6) is -0.311. The number of rotatable bonds is 5. The van der Waals surface area contributed by atoms with Crippen molar-refractivity contribution in [3.05, 3.63) is 64.3 Å². The smallest absolute Gasteiger partial charge is 0.267 e. The number of hydrogen-bond donors (Lipinski definition) is 1. The van der Waals surface area contributed by atoms with Gasteiger partial charge in [0.25, 0.3) is 5.56 Å². The molecule has 1 amide bonds. The fourth-order valence-electron chi connectivity index (χ4n) is 2.00. The maximum absolute atomic E-state index is 12.0. The number of nitrogens with zero attached hydrogens (tertiary/aromatic N) is 4. The Bertz CT molecular complexity index is 860. The van der Waals surface area contributed by atoms with Crippen molar-refractivity contribution < 1.29 is 4.79 Å². The van der Waals surface area contributed by atoms with E-state index < -0.39 is 0 Å². The van der Waals surface area contributed by atoms with Gasteiger partial charge in [0.05, 0.1) is 17.1 Å². The Morgan fingerprint density at radius 2 is 2.04 bits per heavy atom. The molecule has 0 radical (unpaired) electrons. The molecular formula is C15H13N5O2S. The van der Waals surface area contributed by atoms with Crippen LogP contribution in [-0.2, 0) is 17.9 Å². The molecule has 0 spiro atoms. The molecule has 0 atom stereocenters. The van der Waals surface area contributed by atoms with E-state index in [1.807, 2.05) is 17.5 Å². The summed E-state index contributed by atoms with van der Waals surface area (Å²) in [4.78, 5) is 33.1. The van der Waals surface area contributed by atoms with E-state index in [0.717, 1.165) is 15.3 Å². The first kappa shape index (κ1) is 15.0. The van der Waals surface area contributed by atoms with Crippen molar-refractivity contribution in [1.29, 1.82) is 0 Å². The van der Waals surface area contributed by atoms with Crippen LogP contribution in [-0.4, -0.2) is 25.7 Å². The number of carbonyl (C=O) groups excluding carboxylic acids is 1. The third-order valence-corrected chi connectivity index (χ3v) is 3.94. The fraction of sp³-hybridized carbons (Fsp3) is 0.133. The largest absolute Gasteiger partial charge is 0.349 e. The van der Waals surface area contributed by atoms with E-state index in [1.54, 1.807) is 23.7 Å². The highest BCUT2D eigenvalue weighted by Gasteiger charge is 2.11. The second-order valence-corrected chi connectivity index (χ2v) is 5.57. The van der Waals surface area contributed by atoms with Gasteiger partial charge < -0.3 is 5.32 Å². The topological polar surface area (TPSA) is 89.8 Å². The van der Waals surface area contributed by atoms with Crippen LogP contribution >= 0.6 is 11.3 Å². The normalized spacial score (nSPS) is 10.4. The summed E-state index contributed by atoms with van der Waals surface area (Å²) in [6.45, 7) is 0.107. The second kappa shape index (κ2) is 6.93. The average Bonchev–Trinajstić information content (AvgIpc) is 3.10. The molecule has 8 heteroatoms. The molecule has 0 aliphatic carbocycles. The molecule has 0 aliphatic rings. The molecule has 0 aromatic carbocycles. The van der Waals surface area contributed by atoms with E-state index in [0.29, 0.717) is 5.69 Å². The minimum Gasteiger partial charge on any atom is -0.349 e. The summed E-state index contributed by atoms with van der Waals surface area (Å²) in [6.07, 6.45) is 4.67. The highest BCUT2D eigenvalue weighted by Crippen LogP contribution is 2.24. The number of carbonyl (C=O) groups is 1. The number of nitrogens with one attached hydrogen (secondary N) is 1. The molecule has 1 N–H and O–H groups in total. The summed E-state index contributed by atoms with van der Waals surface area (Å²) < 4.78 is 1.10. The lowest BCUT2D eigenvalue weighted by Crippen LogP contribution is -2.33. The molecule has 3 rings (SSSR count). The van der Waals surface area contributed by atoms with E-state index in [-0.39, 0.29) is 24.6 Å². The number of thiophene rings is 1. The molecule has 23 heavy (non-hydrogen) atoms. The molecule has 3 aromatic heterocycles. The molecular weight excluding hydrogens is 314 g/mol. The Morgan fingerprint density at radius 1 is 1.17 bits per heavy atom. The minimum absolute atomic E-state index is 0.131. The number of aromatic nitrogens is 4. The predicted molar refractivity (Wildman–Crippen MR) is 85.7 cm³/mol. The van der Waals surface area contributed by atoms with Crippen molar-refractivity contribution in [1.82, 2.24) is 25.1 Å². The molecule has 3 aromatic rings. The molecule has 7 nitrogen and oxygen atoms in total. The molecule has 0 saturated heterocycles. The van der Waals surface area contributed by atoms with Crippen LogP contribution in [0.5, 0.6) is 0 Å². The van der Waals surface area contributed by atoms with Gasteiger partial charge in [-0.3, -0.25) is 19.6 Å². The molecule has 0 aliphatic heterocycles. The van der Waals surface area contributed by atoms with Gasteiger partial charge in [0.2, 0.25) is 5.91 Å². The molecule has 3 heterocycles. The summed E-state index contributed by atoms with van der Waals surface area (Å²) >= 11 is 1.56. The van der Waals surface area contributed by atoms with Crippen molar-refractivity contribution in [3.8, 4) is 10.6 Å². The zero-order valence-corrected chi connectivity index (χ0v) is 12.9. The van der Waals surface area contributed by atoms with Gasteiger partial charge in [-0.2, -0.15) is 5.10 Å². The molecule has 0 unspecified atom stereocenters. The van der Waals surface area contributed by atoms with Gasteiger partial charge in [0, 0.05) is 24.7 Å². The van der Waals surface area contributed by atoms with Crippen LogP contribution in [0.1, 0.15) is 5.69 Å². The van der Waals surface area contributed by atoms with Gasteiger partial charge in [-0.05, 0) is 17.5 Å². The third-order valence-electron chi connectivity index (χ3n) is 3.06. The number of hydrogen-bond acceptors (Lipinski definition) is 6. The lowest BCUT2D eigenvalue weighted by molar-refractivity contribution is -0.122. The molecule has 116 valence electrons. The predicted octanol–water partition coefficient (Wildman–Crippen LogP) is 1.08. The first-order chi connectivity index (χ1) is 11.2. The van der Waals surface area contributed by atoms with E-state index >= 15 is 0 Å². The van der Waals surface area contributed by atoms with Crippen LogP contribution in [0.15, 0.2) is 53.0 Å². The Balaban J connectivity index is 1.68. The molecule has 0 saturated carbocycles. The van der Waals surface area contributed by atoms with Crippen molar-refractivity contribution in [3.63, 3.8) is 0 Å². The van der Waals surface area contributed by atoms with Crippen LogP contribution in [0.3, 0.4) is 0 Å². The van der Waals surface area contributed by atoms with Gasteiger partial charge in [0.15, 0.2) is 0 Å². The minimum atomic E-state index is -0.318. The van der Waals surface area contributed by atoms with Crippen LogP contribution in [0.2, 0.25) is 0 Å². The van der Waals surface area contributed by atoms with E-state index in [9.17, 15) is 9.59 Å². The Labute approximate surface area is 135 Å². The summed E-state index contributed by atoms with van der Waals surface area (Å²) in [5, 5.41) is 8.55. The lowest BCUT2D eigenvalue weighted by atomic mass is 10.2. The SMILES string of the molecule is O=C(Cn1ncccc1=O)NCc1nccnc1-c1cccs1. The van der Waals surface area contributed by atoms with Crippen LogP contribution in [0.4, 0.5) is 0 Å². The molecule has 0 bridgehead atoms. The second-order valence-electron chi connectivity index (χ2n) is 4.63. The van der Waals surface area contributed by atoms with Crippen LogP contribution < -0.4 is 10.9 Å². The zero-order valence-electron chi connectivity index (χ0n) is 12.0. The third kappa shape index (κ3) is 3.67. The fourth-order valence-corrected chi connectivity index (χ4v) is 2.74. The van der Waals surface area contributed by atoms with Crippen LogP contribution in [0.25, 0.3) is 10.6 Å². The molecule has 0 fully saturated rings. The maximum atomic E-state index is 12.0. The zero-order chi connectivity index (χ0) is 16.1. The van der Waals surface area contributed by atoms with E-state index in [1.165, 1.54) is 18.3 Å². The average molecular weight is 327 g/mol. The van der Waals surface area contributed by atoms with Crippen molar-refractivity contribution in [2.75, 3.05) is 0 Å². The quantitative estimate of drug-likeness (QED) is 0.757.